The first-order valence-corrected chi connectivity index (χ1v) is 4.48. The Labute approximate surface area is 81.1 Å². The average Bonchev–Trinajstić information content (AvgIpc) is 2.03. The fourth-order valence-electron chi connectivity index (χ4n) is 0.409. The summed E-state index contributed by atoms with van der Waals surface area (Å²) in [4.78, 5) is 20.7. The Morgan fingerprint density at radius 2 is 1.77 bits per heavy atom. The molecule has 13 heavy (non-hydrogen) atoms. The standard InChI is InChI=1S/C6H11NO3.C3H8.H2/c1-3-10-6(9)4-7-5(2)8;1-3-2;/h3-4H2,1-2H3,(H,7,8);3H2,1-2H3;1H. The van der Waals surface area contributed by atoms with Gasteiger partial charge in [-0.15, -0.1) is 0 Å². The molecule has 1 amide bonds. The normalized spacial score (nSPS) is 8.00. The molecule has 0 aromatic rings. The molecule has 0 aromatic carbocycles. The van der Waals surface area contributed by atoms with Crippen LogP contribution in [-0.4, -0.2) is 25.0 Å². The lowest BCUT2D eigenvalue weighted by molar-refractivity contribution is -0.143. The first kappa shape index (κ1) is 14.5. The van der Waals surface area contributed by atoms with Gasteiger partial charge in [0.25, 0.3) is 0 Å². The highest BCUT2D eigenvalue weighted by atomic mass is 16.5. The van der Waals surface area contributed by atoms with E-state index in [0.717, 1.165) is 0 Å². The largest absolute Gasteiger partial charge is 0.465 e. The van der Waals surface area contributed by atoms with Crippen molar-refractivity contribution >= 4 is 11.9 Å². The zero-order valence-electron chi connectivity index (χ0n) is 8.85. The lowest BCUT2D eigenvalue weighted by Gasteiger charge is -2.00. The van der Waals surface area contributed by atoms with Gasteiger partial charge in [-0.1, -0.05) is 20.3 Å². The van der Waals surface area contributed by atoms with E-state index in [9.17, 15) is 9.59 Å². The van der Waals surface area contributed by atoms with E-state index in [1.807, 2.05) is 0 Å². The number of hydrogen-bond acceptors (Lipinski definition) is 3. The zero-order valence-corrected chi connectivity index (χ0v) is 8.85. The van der Waals surface area contributed by atoms with Crippen molar-refractivity contribution in [2.45, 2.75) is 34.1 Å². The summed E-state index contributed by atoms with van der Waals surface area (Å²) in [5.41, 5.74) is 0. The number of hydrogen-bond donors (Lipinski definition) is 1. The fraction of sp³-hybridized carbons (Fsp3) is 0.778. The summed E-state index contributed by atoms with van der Waals surface area (Å²) in [6.45, 7) is 7.62. The quantitative estimate of drug-likeness (QED) is 0.685. The van der Waals surface area contributed by atoms with Crippen LogP contribution in [0.2, 0.25) is 0 Å². The van der Waals surface area contributed by atoms with Crippen molar-refractivity contribution in [3.05, 3.63) is 0 Å². The highest BCUT2D eigenvalue weighted by Gasteiger charge is 2.00. The number of nitrogens with one attached hydrogen (secondary N) is 1. The molecule has 4 nitrogen and oxygen atoms in total. The fourth-order valence-corrected chi connectivity index (χ4v) is 0.409. The predicted molar refractivity (Wildman–Crippen MR) is 53.4 cm³/mol. The van der Waals surface area contributed by atoms with Gasteiger partial charge >= 0.3 is 5.97 Å². The van der Waals surface area contributed by atoms with E-state index in [-0.39, 0.29) is 13.9 Å². The van der Waals surface area contributed by atoms with Crippen LogP contribution in [0.15, 0.2) is 0 Å². The predicted octanol–water partition coefficient (Wildman–Crippen LogP) is 1.35. The Morgan fingerprint density at radius 1 is 1.31 bits per heavy atom. The van der Waals surface area contributed by atoms with E-state index >= 15 is 0 Å². The second-order valence-electron chi connectivity index (χ2n) is 2.42. The molecular weight excluding hydrogens is 170 g/mol. The van der Waals surface area contributed by atoms with Crippen molar-refractivity contribution in [3.63, 3.8) is 0 Å². The Balaban J connectivity index is -0.000000267. The third-order valence-corrected chi connectivity index (χ3v) is 0.787. The topological polar surface area (TPSA) is 55.4 Å². The van der Waals surface area contributed by atoms with Crippen molar-refractivity contribution in [2.75, 3.05) is 13.2 Å². The minimum absolute atomic E-state index is 0. The second kappa shape index (κ2) is 10.9. The van der Waals surface area contributed by atoms with Gasteiger partial charge in [-0.05, 0) is 6.92 Å². The van der Waals surface area contributed by atoms with Crippen LogP contribution < -0.4 is 5.32 Å². The van der Waals surface area contributed by atoms with Crippen LogP contribution in [0.4, 0.5) is 0 Å². The molecule has 0 aromatic heterocycles. The molecule has 0 rings (SSSR count). The molecule has 0 bridgehead atoms. The summed E-state index contributed by atoms with van der Waals surface area (Å²) in [7, 11) is 0. The highest BCUT2D eigenvalue weighted by molar-refractivity contribution is 5.80. The molecule has 0 unspecified atom stereocenters. The van der Waals surface area contributed by atoms with Gasteiger partial charge in [-0.3, -0.25) is 9.59 Å². The van der Waals surface area contributed by atoms with Gasteiger partial charge < -0.3 is 10.1 Å². The number of ether oxygens (including phenoxy) is 1. The van der Waals surface area contributed by atoms with Crippen LogP contribution in [0.5, 0.6) is 0 Å². The third kappa shape index (κ3) is 18.2. The molecule has 0 aliphatic rings. The van der Waals surface area contributed by atoms with E-state index in [0.29, 0.717) is 6.61 Å². The van der Waals surface area contributed by atoms with Crippen LogP contribution in [0.25, 0.3) is 0 Å². The van der Waals surface area contributed by atoms with Crippen LogP contribution in [-0.2, 0) is 14.3 Å². The van der Waals surface area contributed by atoms with Gasteiger partial charge in [0.15, 0.2) is 0 Å². The van der Waals surface area contributed by atoms with Gasteiger partial charge in [0.1, 0.15) is 6.54 Å². The lowest BCUT2D eigenvalue weighted by atomic mass is 10.6. The van der Waals surface area contributed by atoms with E-state index < -0.39 is 5.97 Å². The van der Waals surface area contributed by atoms with Crippen LogP contribution >= 0.6 is 0 Å². The van der Waals surface area contributed by atoms with Gasteiger partial charge in [-0.25, -0.2) is 0 Å². The maximum absolute atomic E-state index is 10.5. The molecule has 0 heterocycles. The minimum atomic E-state index is -0.405. The van der Waals surface area contributed by atoms with Crippen molar-refractivity contribution in [1.29, 1.82) is 0 Å². The monoisotopic (exact) mass is 191 g/mol. The number of carbonyl (C=O) groups is 2. The molecule has 4 heteroatoms. The molecule has 80 valence electrons. The second-order valence-corrected chi connectivity index (χ2v) is 2.42. The molecule has 0 fully saturated rings. The SMILES string of the molecule is CCC.CCOC(=O)CNC(C)=O.[HH]. The van der Waals surface area contributed by atoms with Gasteiger partial charge in [0.2, 0.25) is 5.91 Å². The van der Waals surface area contributed by atoms with Crippen molar-refractivity contribution in [3.8, 4) is 0 Å². The molecular formula is C9H21NO3. The summed E-state index contributed by atoms with van der Waals surface area (Å²) in [6.07, 6.45) is 1.25. The molecule has 0 aliphatic carbocycles. The maximum atomic E-state index is 10.5. The number of rotatable bonds is 3. The van der Waals surface area contributed by atoms with Crippen molar-refractivity contribution in [1.82, 2.24) is 5.32 Å². The summed E-state index contributed by atoms with van der Waals surface area (Å²) >= 11 is 0. The van der Waals surface area contributed by atoms with Crippen molar-refractivity contribution in [2.24, 2.45) is 0 Å². The van der Waals surface area contributed by atoms with E-state index in [2.05, 4.69) is 23.9 Å². The molecule has 0 radical (unpaired) electrons. The Hall–Kier alpha value is -1.06. The summed E-state index contributed by atoms with van der Waals surface area (Å²) in [6, 6.07) is 0. The summed E-state index contributed by atoms with van der Waals surface area (Å²) < 4.78 is 4.54. The summed E-state index contributed by atoms with van der Waals surface area (Å²) in [5.74, 6) is -0.634. The van der Waals surface area contributed by atoms with Crippen LogP contribution in [0.3, 0.4) is 0 Å². The van der Waals surface area contributed by atoms with Gasteiger partial charge in [0.05, 0.1) is 6.61 Å². The highest BCUT2D eigenvalue weighted by Crippen LogP contribution is 1.74. The molecule has 0 saturated heterocycles. The third-order valence-electron chi connectivity index (χ3n) is 0.787. The van der Waals surface area contributed by atoms with Crippen LogP contribution in [0, 0.1) is 0 Å². The molecule has 0 spiro atoms. The Bertz CT molecular complexity index is 151. The maximum Gasteiger partial charge on any atom is 0.325 e. The van der Waals surface area contributed by atoms with Crippen molar-refractivity contribution < 1.29 is 15.8 Å². The summed E-state index contributed by atoms with van der Waals surface area (Å²) in [5, 5.41) is 2.32. The Morgan fingerprint density at radius 3 is 2.08 bits per heavy atom. The lowest BCUT2D eigenvalue weighted by Crippen LogP contribution is -2.28. The van der Waals surface area contributed by atoms with Gasteiger partial charge in [0, 0.05) is 8.35 Å². The zero-order chi connectivity index (χ0) is 10.7. The van der Waals surface area contributed by atoms with Gasteiger partial charge in [-0.2, -0.15) is 0 Å². The van der Waals surface area contributed by atoms with E-state index in [4.69, 9.17) is 0 Å². The minimum Gasteiger partial charge on any atom is -0.465 e. The number of amides is 1. The van der Waals surface area contributed by atoms with E-state index in [1.54, 1.807) is 6.92 Å². The average molecular weight is 191 g/mol. The number of esters is 1. The molecule has 0 atom stereocenters. The Kier molecular flexibility index (Phi) is 12.2. The van der Waals surface area contributed by atoms with E-state index in [1.165, 1.54) is 13.3 Å². The first-order valence-electron chi connectivity index (χ1n) is 4.48. The first-order chi connectivity index (χ1) is 6.08. The number of carbonyl (C=O) groups excluding carboxylic acids is 2. The smallest absolute Gasteiger partial charge is 0.325 e. The molecule has 0 aliphatic heterocycles. The molecule has 0 saturated carbocycles. The molecule has 1 N–H and O–H groups in total. The van der Waals surface area contributed by atoms with Crippen LogP contribution in [0.1, 0.15) is 35.5 Å².